The lowest BCUT2D eigenvalue weighted by Crippen LogP contribution is -2.55. The molecule has 0 aromatic heterocycles. The van der Waals surface area contributed by atoms with Crippen LogP contribution in [0.3, 0.4) is 0 Å². The maximum atomic E-state index is 12.1. The van der Waals surface area contributed by atoms with Crippen LogP contribution in [0.25, 0.3) is 0 Å². The molecule has 0 radical (unpaired) electrons. The number of amides is 1. The number of hydrogen-bond acceptors (Lipinski definition) is 6. The summed E-state index contributed by atoms with van der Waals surface area (Å²) in [6, 6.07) is 7.13. The van der Waals surface area contributed by atoms with Gasteiger partial charge in [0.2, 0.25) is 5.91 Å². The molecule has 0 unspecified atom stereocenters. The second-order valence-corrected chi connectivity index (χ2v) is 5.79. The Morgan fingerprint density at radius 3 is 2.76 bits per heavy atom. The van der Waals surface area contributed by atoms with Crippen molar-refractivity contribution >= 4 is 11.9 Å². The minimum atomic E-state index is -0.385. The average Bonchev–Trinajstić information content (AvgIpc) is 2.61. The van der Waals surface area contributed by atoms with Gasteiger partial charge in [-0.3, -0.25) is 4.79 Å². The molecule has 2 N–H and O–H groups in total. The van der Waals surface area contributed by atoms with Crippen molar-refractivity contribution in [1.82, 2.24) is 10.6 Å². The molecule has 7 nitrogen and oxygen atoms in total. The monoisotopic (exact) mass is 350 g/mol. The van der Waals surface area contributed by atoms with Gasteiger partial charge in [-0.05, 0) is 38.0 Å². The molecule has 0 saturated carbocycles. The zero-order chi connectivity index (χ0) is 18.1. The molecule has 25 heavy (non-hydrogen) atoms. The number of morpholine rings is 1. The van der Waals surface area contributed by atoms with Crippen molar-refractivity contribution in [3.05, 3.63) is 29.8 Å². The molecule has 1 aromatic carbocycles. The van der Waals surface area contributed by atoms with Gasteiger partial charge in [0, 0.05) is 13.1 Å². The van der Waals surface area contributed by atoms with Crippen LogP contribution in [0.4, 0.5) is 0 Å². The lowest BCUT2D eigenvalue weighted by atomic mass is 10.1. The predicted octanol–water partition coefficient (Wildman–Crippen LogP) is 0.664. The molecule has 1 fully saturated rings. The SMILES string of the molecule is CCOC(=O)COc1ccc(CCNC(=O)[C@H]2NCCO[C@@H]2C)cc1. The van der Waals surface area contributed by atoms with Gasteiger partial charge < -0.3 is 24.8 Å². The maximum absolute atomic E-state index is 12.1. The molecule has 1 aliphatic heterocycles. The van der Waals surface area contributed by atoms with E-state index in [4.69, 9.17) is 14.2 Å². The number of benzene rings is 1. The maximum Gasteiger partial charge on any atom is 0.344 e. The van der Waals surface area contributed by atoms with Crippen molar-refractivity contribution < 1.29 is 23.8 Å². The van der Waals surface area contributed by atoms with E-state index in [1.165, 1.54) is 0 Å². The molecule has 1 amide bonds. The number of esters is 1. The van der Waals surface area contributed by atoms with Gasteiger partial charge in [-0.25, -0.2) is 4.79 Å². The molecule has 138 valence electrons. The van der Waals surface area contributed by atoms with E-state index in [-0.39, 0.29) is 30.6 Å². The third kappa shape index (κ3) is 6.36. The van der Waals surface area contributed by atoms with Crippen molar-refractivity contribution in [2.75, 3.05) is 32.9 Å². The van der Waals surface area contributed by atoms with Gasteiger partial charge in [0.05, 0.1) is 19.3 Å². The second kappa shape index (κ2) is 10.0. The van der Waals surface area contributed by atoms with Crippen LogP contribution in [0.1, 0.15) is 19.4 Å². The summed E-state index contributed by atoms with van der Waals surface area (Å²) in [5, 5.41) is 6.09. The first-order chi connectivity index (χ1) is 12.1. The standard InChI is InChI=1S/C18H26N2O5/c1-3-23-16(21)12-25-15-6-4-14(5-7-15)8-9-20-18(22)17-13(2)24-11-10-19-17/h4-7,13,17,19H,3,8-12H2,1-2H3,(H,20,22)/t13-,17+/m1/s1. The molecule has 1 saturated heterocycles. The van der Waals surface area contributed by atoms with Crippen LogP contribution in [0.5, 0.6) is 5.75 Å². The highest BCUT2D eigenvalue weighted by Crippen LogP contribution is 2.12. The lowest BCUT2D eigenvalue weighted by Gasteiger charge is -2.29. The van der Waals surface area contributed by atoms with Crippen LogP contribution >= 0.6 is 0 Å². The first-order valence-electron chi connectivity index (χ1n) is 8.60. The topological polar surface area (TPSA) is 85.9 Å². The minimum Gasteiger partial charge on any atom is -0.482 e. The van der Waals surface area contributed by atoms with E-state index in [1.807, 2.05) is 19.1 Å². The highest BCUT2D eigenvalue weighted by atomic mass is 16.6. The van der Waals surface area contributed by atoms with Gasteiger partial charge in [-0.15, -0.1) is 0 Å². The van der Waals surface area contributed by atoms with E-state index in [0.717, 1.165) is 5.56 Å². The van der Waals surface area contributed by atoms with Crippen molar-refractivity contribution in [2.24, 2.45) is 0 Å². The van der Waals surface area contributed by atoms with Gasteiger partial charge in [0.15, 0.2) is 6.61 Å². The third-order valence-electron chi connectivity index (χ3n) is 3.90. The zero-order valence-corrected chi connectivity index (χ0v) is 14.7. The number of rotatable bonds is 8. The third-order valence-corrected chi connectivity index (χ3v) is 3.90. The molecule has 0 bridgehead atoms. The van der Waals surface area contributed by atoms with E-state index >= 15 is 0 Å². The van der Waals surface area contributed by atoms with Crippen LogP contribution in [0.15, 0.2) is 24.3 Å². The lowest BCUT2D eigenvalue weighted by molar-refractivity contribution is -0.145. The molecule has 2 rings (SSSR count). The normalized spacial score (nSPS) is 19.9. The molecule has 2 atom stereocenters. The van der Waals surface area contributed by atoms with Crippen LogP contribution in [-0.2, 0) is 25.5 Å². The van der Waals surface area contributed by atoms with E-state index in [9.17, 15) is 9.59 Å². The van der Waals surface area contributed by atoms with Crippen LogP contribution in [-0.4, -0.2) is 56.9 Å². The number of carbonyl (C=O) groups excluding carboxylic acids is 2. The Balaban J connectivity index is 1.70. The Bertz CT molecular complexity index is 561. The summed E-state index contributed by atoms with van der Waals surface area (Å²) in [6.07, 6.45) is 0.593. The van der Waals surface area contributed by atoms with Gasteiger partial charge in [-0.1, -0.05) is 12.1 Å². The smallest absolute Gasteiger partial charge is 0.344 e. The number of nitrogens with one attached hydrogen (secondary N) is 2. The largest absolute Gasteiger partial charge is 0.482 e. The molecule has 7 heteroatoms. The molecule has 1 heterocycles. The second-order valence-electron chi connectivity index (χ2n) is 5.79. The summed E-state index contributed by atoms with van der Waals surface area (Å²) in [7, 11) is 0. The summed E-state index contributed by atoms with van der Waals surface area (Å²) < 4.78 is 15.6. The summed E-state index contributed by atoms with van der Waals surface area (Å²) in [5.74, 6) is 0.184. The number of ether oxygens (including phenoxy) is 3. The Hall–Kier alpha value is -2.12. The van der Waals surface area contributed by atoms with Gasteiger partial charge in [0.1, 0.15) is 11.8 Å². The molecular formula is C18H26N2O5. The average molecular weight is 350 g/mol. The number of carbonyl (C=O) groups is 2. The quantitative estimate of drug-likeness (QED) is 0.670. The molecule has 0 aliphatic carbocycles. The van der Waals surface area contributed by atoms with Gasteiger partial charge in [-0.2, -0.15) is 0 Å². The summed E-state index contributed by atoms with van der Waals surface area (Å²) in [4.78, 5) is 23.4. The molecule has 1 aliphatic rings. The van der Waals surface area contributed by atoms with Crippen LogP contribution in [0.2, 0.25) is 0 Å². The van der Waals surface area contributed by atoms with E-state index in [2.05, 4.69) is 10.6 Å². The molecule has 1 aromatic rings. The highest BCUT2D eigenvalue weighted by Gasteiger charge is 2.27. The van der Waals surface area contributed by atoms with E-state index in [1.54, 1.807) is 19.1 Å². The van der Waals surface area contributed by atoms with Crippen molar-refractivity contribution in [1.29, 1.82) is 0 Å². The Kier molecular flexibility index (Phi) is 7.69. The van der Waals surface area contributed by atoms with Crippen molar-refractivity contribution in [2.45, 2.75) is 32.4 Å². The number of hydrogen-bond donors (Lipinski definition) is 2. The molecular weight excluding hydrogens is 324 g/mol. The fourth-order valence-electron chi connectivity index (χ4n) is 2.56. The summed E-state index contributed by atoms with van der Waals surface area (Å²) in [6.45, 7) is 5.76. The van der Waals surface area contributed by atoms with Gasteiger partial charge in [0.25, 0.3) is 0 Å². The Morgan fingerprint density at radius 2 is 2.08 bits per heavy atom. The first-order valence-corrected chi connectivity index (χ1v) is 8.60. The van der Waals surface area contributed by atoms with Crippen molar-refractivity contribution in [3.63, 3.8) is 0 Å². The fourth-order valence-corrected chi connectivity index (χ4v) is 2.56. The van der Waals surface area contributed by atoms with E-state index < -0.39 is 0 Å². The van der Waals surface area contributed by atoms with Crippen LogP contribution < -0.4 is 15.4 Å². The first kappa shape index (κ1) is 19.2. The summed E-state index contributed by atoms with van der Waals surface area (Å²) in [5.41, 5.74) is 1.07. The Morgan fingerprint density at radius 1 is 1.32 bits per heavy atom. The van der Waals surface area contributed by atoms with Gasteiger partial charge >= 0.3 is 5.97 Å². The highest BCUT2D eigenvalue weighted by molar-refractivity contribution is 5.82. The van der Waals surface area contributed by atoms with Crippen LogP contribution in [0, 0.1) is 0 Å². The summed E-state index contributed by atoms with van der Waals surface area (Å²) >= 11 is 0. The minimum absolute atomic E-state index is 0.0402. The molecule has 0 spiro atoms. The predicted molar refractivity (Wildman–Crippen MR) is 92.5 cm³/mol. The Labute approximate surface area is 148 Å². The van der Waals surface area contributed by atoms with Crippen molar-refractivity contribution in [3.8, 4) is 5.75 Å². The van der Waals surface area contributed by atoms with E-state index in [0.29, 0.717) is 38.5 Å². The fraction of sp³-hybridized carbons (Fsp3) is 0.556. The zero-order valence-electron chi connectivity index (χ0n) is 14.7.